The molecule has 1 aliphatic heterocycles. The summed E-state index contributed by atoms with van der Waals surface area (Å²) in [5.74, 6) is 1.67. The van der Waals surface area contributed by atoms with E-state index in [0.717, 1.165) is 11.5 Å². The van der Waals surface area contributed by atoms with Gasteiger partial charge < -0.3 is 14.8 Å². The SMILES string of the molecule is Cc1c(NC2CC2)cccc1-c1ccc2c(c1)OCO2. The molecular weight excluding hydrogens is 250 g/mol. The molecule has 1 saturated carbocycles. The molecule has 4 rings (SSSR count). The third-order valence-electron chi connectivity index (χ3n) is 3.95. The van der Waals surface area contributed by atoms with Crippen LogP contribution < -0.4 is 14.8 Å². The van der Waals surface area contributed by atoms with Crippen molar-refractivity contribution in [2.75, 3.05) is 12.1 Å². The van der Waals surface area contributed by atoms with Gasteiger partial charge in [-0.15, -0.1) is 0 Å². The van der Waals surface area contributed by atoms with Crippen LogP contribution in [0.15, 0.2) is 36.4 Å². The minimum atomic E-state index is 0.320. The lowest BCUT2D eigenvalue weighted by atomic mass is 9.98. The first-order valence-corrected chi connectivity index (χ1v) is 7.07. The second kappa shape index (κ2) is 4.44. The number of hydrogen-bond acceptors (Lipinski definition) is 3. The Bertz CT molecular complexity index is 662. The smallest absolute Gasteiger partial charge is 0.231 e. The summed E-state index contributed by atoms with van der Waals surface area (Å²) in [7, 11) is 0. The fourth-order valence-electron chi connectivity index (χ4n) is 2.62. The van der Waals surface area contributed by atoms with Gasteiger partial charge in [0.15, 0.2) is 11.5 Å². The molecule has 0 amide bonds. The number of ether oxygens (including phenoxy) is 2. The zero-order chi connectivity index (χ0) is 13.5. The van der Waals surface area contributed by atoms with Crippen molar-refractivity contribution in [2.24, 2.45) is 0 Å². The lowest BCUT2D eigenvalue weighted by Crippen LogP contribution is -2.03. The van der Waals surface area contributed by atoms with Gasteiger partial charge in [0.05, 0.1) is 0 Å². The molecule has 1 N–H and O–H groups in total. The molecule has 0 saturated heterocycles. The summed E-state index contributed by atoms with van der Waals surface area (Å²) in [6, 6.07) is 13.2. The van der Waals surface area contributed by atoms with E-state index in [9.17, 15) is 0 Å². The van der Waals surface area contributed by atoms with Crippen LogP contribution in [0.5, 0.6) is 11.5 Å². The fourth-order valence-corrected chi connectivity index (χ4v) is 2.62. The van der Waals surface area contributed by atoms with Crippen LogP contribution in [-0.2, 0) is 0 Å². The molecule has 2 aromatic carbocycles. The molecule has 1 heterocycles. The van der Waals surface area contributed by atoms with Crippen molar-refractivity contribution in [2.45, 2.75) is 25.8 Å². The maximum absolute atomic E-state index is 5.47. The first kappa shape index (κ1) is 11.6. The van der Waals surface area contributed by atoms with Crippen molar-refractivity contribution in [1.29, 1.82) is 0 Å². The van der Waals surface area contributed by atoms with Gasteiger partial charge in [-0.25, -0.2) is 0 Å². The van der Waals surface area contributed by atoms with E-state index in [0.29, 0.717) is 12.8 Å². The normalized spacial score (nSPS) is 16.2. The summed E-state index contributed by atoms with van der Waals surface area (Å²) < 4.78 is 10.8. The van der Waals surface area contributed by atoms with Crippen LogP contribution in [0.4, 0.5) is 5.69 Å². The van der Waals surface area contributed by atoms with Crippen LogP contribution in [0.3, 0.4) is 0 Å². The Kier molecular flexibility index (Phi) is 2.59. The summed E-state index contributed by atoms with van der Waals surface area (Å²) in [6.07, 6.45) is 2.57. The minimum Gasteiger partial charge on any atom is -0.454 e. The molecule has 1 fully saturated rings. The van der Waals surface area contributed by atoms with Crippen molar-refractivity contribution in [1.82, 2.24) is 0 Å². The highest BCUT2D eigenvalue weighted by molar-refractivity contribution is 5.75. The summed E-state index contributed by atoms with van der Waals surface area (Å²) in [5.41, 5.74) is 4.95. The molecule has 2 aliphatic rings. The third kappa shape index (κ3) is 1.99. The van der Waals surface area contributed by atoms with E-state index in [1.165, 1.54) is 35.2 Å². The summed E-state index contributed by atoms with van der Waals surface area (Å²) >= 11 is 0. The Morgan fingerprint density at radius 3 is 2.75 bits per heavy atom. The standard InChI is InChI=1S/C17H17NO2/c1-11-14(3-2-4-15(11)18-13-6-7-13)12-5-8-16-17(9-12)20-10-19-16/h2-5,8-9,13,18H,6-7,10H2,1H3. The molecule has 20 heavy (non-hydrogen) atoms. The maximum atomic E-state index is 5.47. The molecule has 3 nitrogen and oxygen atoms in total. The lowest BCUT2D eigenvalue weighted by molar-refractivity contribution is 0.174. The number of benzene rings is 2. The van der Waals surface area contributed by atoms with Crippen molar-refractivity contribution in [3.63, 3.8) is 0 Å². The molecule has 0 atom stereocenters. The zero-order valence-electron chi connectivity index (χ0n) is 11.5. The van der Waals surface area contributed by atoms with E-state index in [-0.39, 0.29) is 0 Å². The first-order chi connectivity index (χ1) is 9.81. The molecular formula is C17H17NO2. The van der Waals surface area contributed by atoms with E-state index in [2.05, 4.69) is 42.6 Å². The van der Waals surface area contributed by atoms with Crippen LogP contribution in [0.2, 0.25) is 0 Å². The van der Waals surface area contributed by atoms with Crippen LogP contribution in [0.25, 0.3) is 11.1 Å². The van der Waals surface area contributed by atoms with E-state index in [4.69, 9.17) is 9.47 Å². The monoisotopic (exact) mass is 267 g/mol. The maximum Gasteiger partial charge on any atom is 0.231 e. The van der Waals surface area contributed by atoms with Gasteiger partial charge in [0.2, 0.25) is 6.79 Å². The molecule has 102 valence electrons. The average molecular weight is 267 g/mol. The van der Waals surface area contributed by atoms with Crippen LogP contribution in [0.1, 0.15) is 18.4 Å². The average Bonchev–Trinajstić information content (AvgIpc) is 3.15. The molecule has 2 aromatic rings. The predicted octanol–water partition coefficient (Wildman–Crippen LogP) is 3.97. The molecule has 0 bridgehead atoms. The van der Waals surface area contributed by atoms with Crippen LogP contribution >= 0.6 is 0 Å². The van der Waals surface area contributed by atoms with E-state index in [1.807, 2.05) is 6.07 Å². The second-order valence-corrected chi connectivity index (χ2v) is 5.46. The fraction of sp³-hybridized carbons (Fsp3) is 0.294. The number of hydrogen-bond donors (Lipinski definition) is 1. The summed E-state index contributed by atoms with van der Waals surface area (Å²) in [4.78, 5) is 0. The van der Waals surface area contributed by atoms with Crippen molar-refractivity contribution < 1.29 is 9.47 Å². The van der Waals surface area contributed by atoms with Gasteiger partial charge in [0, 0.05) is 11.7 Å². The van der Waals surface area contributed by atoms with Gasteiger partial charge in [-0.2, -0.15) is 0 Å². The van der Waals surface area contributed by atoms with Gasteiger partial charge >= 0.3 is 0 Å². The molecule has 0 radical (unpaired) electrons. The van der Waals surface area contributed by atoms with E-state index in [1.54, 1.807) is 0 Å². The van der Waals surface area contributed by atoms with Gasteiger partial charge in [-0.05, 0) is 54.7 Å². The Morgan fingerprint density at radius 2 is 1.90 bits per heavy atom. The van der Waals surface area contributed by atoms with E-state index < -0.39 is 0 Å². The van der Waals surface area contributed by atoms with Crippen LogP contribution in [-0.4, -0.2) is 12.8 Å². The molecule has 1 aliphatic carbocycles. The second-order valence-electron chi connectivity index (χ2n) is 5.46. The number of anilines is 1. The molecule has 0 spiro atoms. The minimum absolute atomic E-state index is 0.320. The Hall–Kier alpha value is -2.16. The van der Waals surface area contributed by atoms with Gasteiger partial charge in [-0.1, -0.05) is 18.2 Å². The van der Waals surface area contributed by atoms with Crippen LogP contribution in [0, 0.1) is 6.92 Å². The van der Waals surface area contributed by atoms with E-state index >= 15 is 0 Å². The number of nitrogens with one attached hydrogen (secondary N) is 1. The number of fused-ring (bicyclic) bond motifs is 1. The van der Waals surface area contributed by atoms with Gasteiger partial charge in [0.1, 0.15) is 0 Å². The highest BCUT2D eigenvalue weighted by Crippen LogP contribution is 2.38. The Labute approximate surface area is 118 Å². The summed E-state index contributed by atoms with van der Waals surface area (Å²) in [5, 5.41) is 3.59. The Morgan fingerprint density at radius 1 is 1.05 bits per heavy atom. The molecule has 0 unspecified atom stereocenters. The topological polar surface area (TPSA) is 30.5 Å². The first-order valence-electron chi connectivity index (χ1n) is 7.07. The van der Waals surface area contributed by atoms with Gasteiger partial charge in [0.25, 0.3) is 0 Å². The highest BCUT2D eigenvalue weighted by atomic mass is 16.7. The predicted molar refractivity (Wildman–Crippen MR) is 79.4 cm³/mol. The largest absolute Gasteiger partial charge is 0.454 e. The quantitative estimate of drug-likeness (QED) is 0.913. The number of rotatable bonds is 3. The van der Waals surface area contributed by atoms with Crippen molar-refractivity contribution in [3.8, 4) is 22.6 Å². The van der Waals surface area contributed by atoms with Crippen molar-refractivity contribution >= 4 is 5.69 Å². The Balaban J connectivity index is 1.73. The molecule has 0 aromatic heterocycles. The lowest BCUT2D eigenvalue weighted by Gasteiger charge is -2.13. The summed E-state index contributed by atoms with van der Waals surface area (Å²) in [6.45, 7) is 2.49. The molecule has 3 heteroatoms. The van der Waals surface area contributed by atoms with Crippen molar-refractivity contribution in [3.05, 3.63) is 42.0 Å². The van der Waals surface area contributed by atoms with Gasteiger partial charge in [-0.3, -0.25) is 0 Å². The zero-order valence-corrected chi connectivity index (χ0v) is 11.5. The highest BCUT2D eigenvalue weighted by Gasteiger charge is 2.22. The third-order valence-corrected chi connectivity index (χ3v) is 3.95.